The molecule has 3 unspecified atom stereocenters. The number of azide groups is 1. The van der Waals surface area contributed by atoms with Crippen molar-refractivity contribution in [1.82, 2.24) is 4.90 Å². The van der Waals surface area contributed by atoms with Gasteiger partial charge in [0.05, 0.1) is 12.1 Å². The summed E-state index contributed by atoms with van der Waals surface area (Å²) in [6.45, 7) is 3.53. The van der Waals surface area contributed by atoms with Crippen LogP contribution in [0.4, 0.5) is 0 Å². The standard InChI is InChI=1S/C13H18N4O/c1-10(11-5-3-2-4-6-11)17-8-7-12(15-16-14)13(18)9-17/h2-6,10,12-13,18H,7-9H2,1H3. The number of hydrogen-bond acceptors (Lipinski definition) is 3. The molecule has 1 aromatic carbocycles. The van der Waals surface area contributed by atoms with Gasteiger partial charge in [0.1, 0.15) is 0 Å². The van der Waals surface area contributed by atoms with Gasteiger partial charge in [-0.25, -0.2) is 0 Å². The van der Waals surface area contributed by atoms with Crippen LogP contribution in [-0.2, 0) is 0 Å². The van der Waals surface area contributed by atoms with Crippen LogP contribution < -0.4 is 0 Å². The zero-order valence-corrected chi connectivity index (χ0v) is 10.5. The summed E-state index contributed by atoms with van der Waals surface area (Å²) in [5.74, 6) is 0. The molecule has 5 nitrogen and oxygen atoms in total. The lowest BCUT2D eigenvalue weighted by atomic mass is 9.99. The second-order valence-corrected chi connectivity index (χ2v) is 4.71. The van der Waals surface area contributed by atoms with Crippen molar-refractivity contribution < 1.29 is 5.11 Å². The summed E-state index contributed by atoms with van der Waals surface area (Å²) in [5.41, 5.74) is 9.67. The fraction of sp³-hybridized carbons (Fsp3) is 0.538. The minimum Gasteiger partial charge on any atom is -0.391 e. The second-order valence-electron chi connectivity index (χ2n) is 4.71. The minimum atomic E-state index is -0.569. The monoisotopic (exact) mass is 246 g/mol. The summed E-state index contributed by atoms with van der Waals surface area (Å²) in [4.78, 5) is 5.01. The highest BCUT2D eigenvalue weighted by molar-refractivity contribution is 5.18. The van der Waals surface area contributed by atoms with Crippen LogP contribution in [0.3, 0.4) is 0 Å². The highest BCUT2D eigenvalue weighted by atomic mass is 16.3. The van der Waals surface area contributed by atoms with Gasteiger partial charge in [-0.3, -0.25) is 4.90 Å². The zero-order valence-electron chi connectivity index (χ0n) is 10.5. The maximum absolute atomic E-state index is 9.96. The van der Waals surface area contributed by atoms with Gasteiger partial charge in [-0.15, -0.1) is 0 Å². The van der Waals surface area contributed by atoms with E-state index >= 15 is 0 Å². The van der Waals surface area contributed by atoms with E-state index in [2.05, 4.69) is 34.0 Å². The Kier molecular flexibility index (Phi) is 4.20. The summed E-state index contributed by atoms with van der Waals surface area (Å²) < 4.78 is 0. The number of aliphatic hydroxyl groups excluding tert-OH is 1. The van der Waals surface area contributed by atoms with E-state index in [0.717, 1.165) is 6.54 Å². The van der Waals surface area contributed by atoms with Gasteiger partial charge >= 0.3 is 0 Å². The van der Waals surface area contributed by atoms with E-state index in [4.69, 9.17) is 5.53 Å². The van der Waals surface area contributed by atoms with Gasteiger partial charge in [0.2, 0.25) is 0 Å². The Labute approximate surface area is 107 Å². The number of benzene rings is 1. The Bertz CT molecular complexity index is 430. The lowest BCUT2D eigenvalue weighted by Gasteiger charge is -2.37. The third kappa shape index (κ3) is 2.82. The maximum Gasteiger partial charge on any atom is 0.0752 e. The van der Waals surface area contributed by atoms with Gasteiger partial charge in [-0.05, 0) is 31.0 Å². The fourth-order valence-electron chi connectivity index (χ4n) is 2.44. The largest absolute Gasteiger partial charge is 0.391 e. The molecular weight excluding hydrogens is 228 g/mol. The Morgan fingerprint density at radius 3 is 2.78 bits per heavy atom. The lowest BCUT2D eigenvalue weighted by Crippen LogP contribution is -2.46. The van der Waals surface area contributed by atoms with Crippen LogP contribution in [0.1, 0.15) is 24.9 Å². The predicted molar refractivity (Wildman–Crippen MR) is 70.0 cm³/mol. The SMILES string of the molecule is CC(c1ccccc1)N1CCC(N=[N+]=[N-])C(O)C1. The molecule has 1 aliphatic heterocycles. The average Bonchev–Trinajstić information content (AvgIpc) is 2.41. The third-order valence-corrected chi connectivity index (χ3v) is 3.61. The van der Waals surface area contributed by atoms with Crippen LogP contribution >= 0.6 is 0 Å². The van der Waals surface area contributed by atoms with Crippen molar-refractivity contribution in [3.8, 4) is 0 Å². The van der Waals surface area contributed by atoms with Crippen LogP contribution in [0, 0.1) is 0 Å². The molecular formula is C13H18N4O. The van der Waals surface area contributed by atoms with Crippen molar-refractivity contribution >= 4 is 0 Å². The van der Waals surface area contributed by atoms with E-state index in [1.807, 2.05) is 18.2 Å². The molecule has 0 aromatic heterocycles. The van der Waals surface area contributed by atoms with Crippen LogP contribution in [-0.4, -0.2) is 35.2 Å². The van der Waals surface area contributed by atoms with Crippen LogP contribution in [0.2, 0.25) is 0 Å². The van der Waals surface area contributed by atoms with Gasteiger partial charge in [0, 0.05) is 17.5 Å². The van der Waals surface area contributed by atoms with E-state index < -0.39 is 6.10 Å². The van der Waals surface area contributed by atoms with E-state index in [1.54, 1.807) is 0 Å². The fourth-order valence-corrected chi connectivity index (χ4v) is 2.44. The van der Waals surface area contributed by atoms with Gasteiger partial charge < -0.3 is 5.11 Å². The molecule has 18 heavy (non-hydrogen) atoms. The second kappa shape index (κ2) is 5.87. The topological polar surface area (TPSA) is 72.2 Å². The van der Waals surface area contributed by atoms with Crippen LogP contribution in [0.15, 0.2) is 35.4 Å². The number of nitrogens with zero attached hydrogens (tertiary/aromatic N) is 4. The first-order chi connectivity index (χ1) is 8.72. The molecule has 3 atom stereocenters. The number of likely N-dealkylation sites (tertiary alicyclic amines) is 1. The number of rotatable bonds is 3. The Hall–Kier alpha value is -1.55. The Morgan fingerprint density at radius 2 is 2.17 bits per heavy atom. The van der Waals surface area contributed by atoms with Crippen molar-refractivity contribution in [2.45, 2.75) is 31.5 Å². The summed E-state index contributed by atoms with van der Waals surface area (Å²) in [6, 6.07) is 10.2. The van der Waals surface area contributed by atoms with E-state index in [1.165, 1.54) is 5.56 Å². The highest BCUT2D eigenvalue weighted by Gasteiger charge is 2.29. The normalized spacial score (nSPS) is 26.3. The first kappa shape index (κ1) is 12.9. The third-order valence-electron chi connectivity index (χ3n) is 3.61. The molecule has 0 spiro atoms. The lowest BCUT2D eigenvalue weighted by molar-refractivity contribution is 0.0353. The molecule has 0 amide bonds. The molecule has 1 N–H and O–H groups in total. The van der Waals surface area contributed by atoms with Crippen molar-refractivity contribution in [3.63, 3.8) is 0 Å². The molecule has 5 heteroatoms. The van der Waals surface area contributed by atoms with Crippen molar-refractivity contribution in [1.29, 1.82) is 0 Å². The van der Waals surface area contributed by atoms with Crippen molar-refractivity contribution in [3.05, 3.63) is 46.3 Å². The first-order valence-corrected chi connectivity index (χ1v) is 6.23. The summed E-state index contributed by atoms with van der Waals surface area (Å²) in [7, 11) is 0. The molecule has 0 radical (unpaired) electrons. The zero-order chi connectivity index (χ0) is 13.0. The van der Waals surface area contributed by atoms with Gasteiger partial charge in [0.25, 0.3) is 0 Å². The van der Waals surface area contributed by atoms with Crippen LogP contribution in [0.25, 0.3) is 10.4 Å². The Morgan fingerprint density at radius 1 is 1.44 bits per heavy atom. The van der Waals surface area contributed by atoms with Crippen molar-refractivity contribution in [2.75, 3.05) is 13.1 Å². The first-order valence-electron chi connectivity index (χ1n) is 6.23. The van der Waals surface area contributed by atoms with E-state index in [9.17, 15) is 5.11 Å². The van der Waals surface area contributed by atoms with Gasteiger partial charge in [-0.1, -0.05) is 35.4 Å². The number of β-amino-alcohol motifs (C(OH)–C–C–N with tert-alkyl or cyclic N) is 1. The smallest absolute Gasteiger partial charge is 0.0752 e. The molecule has 0 bridgehead atoms. The predicted octanol–water partition coefficient (Wildman–Crippen LogP) is 2.49. The highest BCUT2D eigenvalue weighted by Crippen LogP contribution is 2.25. The van der Waals surface area contributed by atoms with Gasteiger partial charge in [0.15, 0.2) is 0 Å². The molecule has 1 saturated heterocycles. The summed E-state index contributed by atoms with van der Waals surface area (Å²) in [5, 5.41) is 13.6. The quantitative estimate of drug-likeness (QED) is 0.505. The molecule has 1 aromatic rings. The number of hydrogen-bond donors (Lipinski definition) is 1. The molecule has 0 aliphatic carbocycles. The number of aliphatic hydroxyl groups is 1. The van der Waals surface area contributed by atoms with Crippen LogP contribution in [0.5, 0.6) is 0 Å². The van der Waals surface area contributed by atoms with Crippen molar-refractivity contribution in [2.24, 2.45) is 5.11 Å². The molecule has 1 heterocycles. The molecule has 1 fully saturated rings. The summed E-state index contributed by atoms with van der Waals surface area (Å²) in [6.07, 6.45) is 0.142. The molecule has 0 saturated carbocycles. The average molecular weight is 246 g/mol. The Balaban J connectivity index is 2.02. The molecule has 2 rings (SSSR count). The molecule has 96 valence electrons. The maximum atomic E-state index is 9.96. The van der Waals surface area contributed by atoms with E-state index in [-0.39, 0.29) is 12.1 Å². The number of piperidine rings is 1. The molecule has 1 aliphatic rings. The van der Waals surface area contributed by atoms with Gasteiger partial charge in [-0.2, -0.15) is 0 Å². The summed E-state index contributed by atoms with van der Waals surface area (Å²) >= 11 is 0. The van der Waals surface area contributed by atoms with E-state index in [0.29, 0.717) is 13.0 Å². The minimum absolute atomic E-state index is 0.271.